The molecule has 1 aromatic rings. The summed E-state index contributed by atoms with van der Waals surface area (Å²) in [6.45, 7) is 1.39. The lowest BCUT2D eigenvalue weighted by Crippen LogP contribution is -3.10. The summed E-state index contributed by atoms with van der Waals surface area (Å²) in [6.07, 6.45) is 1.96. The van der Waals surface area contributed by atoms with Gasteiger partial charge in [0.25, 0.3) is 0 Å². The van der Waals surface area contributed by atoms with Crippen molar-refractivity contribution in [2.75, 3.05) is 20.1 Å². The van der Waals surface area contributed by atoms with Crippen LogP contribution in [0.1, 0.15) is 11.5 Å². The lowest BCUT2D eigenvalue weighted by atomic mass is 9.54. The van der Waals surface area contributed by atoms with Crippen molar-refractivity contribution in [1.29, 1.82) is 21.2 Å². The van der Waals surface area contributed by atoms with Crippen molar-refractivity contribution < 1.29 is 9.29 Å². The third kappa shape index (κ3) is 2.41. The van der Waals surface area contributed by atoms with Crippen molar-refractivity contribution in [3.8, 4) is 18.2 Å². The molecule has 1 aromatic carbocycles. The number of hydrogen-bond acceptors (Lipinski definition) is 4. The largest absolute Gasteiger partial charge is 0.334 e. The van der Waals surface area contributed by atoms with Crippen LogP contribution >= 0.6 is 0 Å². The molecule has 1 aliphatic carbocycles. The first-order valence-corrected chi connectivity index (χ1v) is 8.06. The van der Waals surface area contributed by atoms with Gasteiger partial charge in [-0.05, 0) is 29.3 Å². The molecule has 0 radical (unpaired) electrons. The van der Waals surface area contributed by atoms with Crippen molar-refractivity contribution in [1.82, 2.24) is 0 Å². The molecule has 5 nitrogen and oxygen atoms in total. The van der Waals surface area contributed by atoms with Crippen molar-refractivity contribution in [3.05, 3.63) is 47.3 Å². The molecule has 0 aromatic heterocycles. The summed E-state index contributed by atoms with van der Waals surface area (Å²) >= 11 is 0. The molecule has 0 amide bonds. The first-order chi connectivity index (χ1) is 12.0. The summed E-state index contributed by atoms with van der Waals surface area (Å²) in [7, 11) is 2.01. The number of nitrogens with one attached hydrogen (secondary N) is 2. The fourth-order valence-corrected chi connectivity index (χ4v) is 4.10. The molecule has 124 valence electrons. The summed E-state index contributed by atoms with van der Waals surface area (Å²) in [4.78, 5) is 1.20. The van der Waals surface area contributed by atoms with Crippen LogP contribution in [0.4, 0.5) is 4.39 Å². The second-order valence-corrected chi connectivity index (χ2v) is 6.71. The highest BCUT2D eigenvalue weighted by atomic mass is 19.1. The highest BCUT2D eigenvalue weighted by molar-refractivity contribution is 6.00. The molecule has 2 aliphatic rings. The average Bonchev–Trinajstić information content (AvgIpc) is 2.62. The van der Waals surface area contributed by atoms with Crippen molar-refractivity contribution in [3.63, 3.8) is 0 Å². The average molecular weight is 334 g/mol. The van der Waals surface area contributed by atoms with Crippen LogP contribution < -0.4 is 4.90 Å². The Bertz CT molecular complexity index is 851. The van der Waals surface area contributed by atoms with Crippen LogP contribution in [-0.2, 0) is 0 Å². The van der Waals surface area contributed by atoms with E-state index in [9.17, 15) is 20.2 Å². The molecule has 4 atom stereocenters. The van der Waals surface area contributed by atoms with E-state index in [1.165, 1.54) is 17.0 Å². The monoisotopic (exact) mass is 334 g/mol. The summed E-state index contributed by atoms with van der Waals surface area (Å²) in [5.41, 5.74) is -0.432. The summed E-state index contributed by atoms with van der Waals surface area (Å²) in [5, 5.41) is 37.7. The van der Waals surface area contributed by atoms with Crippen LogP contribution in [0.3, 0.4) is 0 Å². The highest BCUT2D eigenvalue weighted by Crippen LogP contribution is 2.52. The van der Waals surface area contributed by atoms with Gasteiger partial charge in [0.15, 0.2) is 5.41 Å². The van der Waals surface area contributed by atoms with E-state index < -0.39 is 23.1 Å². The van der Waals surface area contributed by atoms with Crippen LogP contribution in [0.25, 0.3) is 0 Å². The lowest BCUT2D eigenvalue weighted by Gasteiger charge is -2.45. The van der Waals surface area contributed by atoms with Gasteiger partial charge in [-0.25, -0.2) is 4.39 Å². The number of fused-ring (bicyclic) bond motifs is 1. The number of nitriles is 3. The quantitative estimate of drug-likeness (QED) is 0.754. The maximum atomic E-state index is 13.4. The summed E-state index contributed by atoms with van der Waals surface area (Å²) < 4.78 is 13.4. The molecule has 1 aliphatic heterocycles. The van der Waals surface area contributed by atoms with Crippen molar-refractivity contribution in [2.24, 2.45) is 17.3 Å². The first kappa shape index (κ1) is 16.8. The predicted octanol–water partition coefficient (Wildman–Crippen LogP) is 1.19. The zero-order chi connectivity index (χ0) is 18.2. The summed E-state index contributed by atoms with van der Waals surface area (Å²) in [5.74, 6) is -2.06. The second kappa shape index (κ2) is 6.13. The third-order valence-electron chi connectivity index (χ3n) is 5.31. The summed E-state index contributed by atoms with van der Waals surface area (Å²) in [6, 6.07) is 11.9. The molecule has 1 heterocycles. The van der Waals surface area contributed by atoms with E-state index in [4.69, 9.17) is 5.41 Å². The first-order valence-electron chi connectivity index (χ1n) is 8.06. The zero-order valence-electron chi connectivity index (χ0n) is 13.8. The van der Waals surface area contributed by atoms with E-state index in [0.29, 0.717) is 12.1 Å². The van der Waals surface area contributed by atoms with Crippen LogP contribution in [0.5, 0.6) is 0 Å². The Labute approximate surface area is 145 Å². The number of hydrogen-bond donors (Lipinski definition) is 2. The second-order valence-electron chi connectivity index (χ2n) is 6.71. The Morgan fingerprint density at radius 1 is 1.20 bits per heavy atom. The fraction of sp³-hybridized carbons (Fsp3) is 0.368. The highest BCUT2D eigenvalue weighted by Gasteiger charge is 2.58. The Kier molecular flexibility index (Phi) is 4.13. The molecule has 1 saturated carbocycles. The number of halogens is 1. The third-order valence-corrected chi connectivity index (χ3v) is 5.31. The molecule has 2 unspecified atom stereocenters. The van der Waals surface area contributed by atoms with Gasteiger partial charge in [-0.3, -0.25) is 0 Å². The fourth-order valence-electron chi connectivity index (χ4n) is 4.10. The van der Waals surface area contributed by atoms with Gasteiger partial charge in [0.2, 0.25) is 0 Å². The van der Waals surface area contributed by atoms with Crippen LogP contribution in [-0.4, -0.2) is 25.8 Å². The van der Waals surface area contributed by atoms with Gasteiger partial charge in [-0.15, -0.1) is 0 Å². The van der Waals surface area contributed by atoms with Gasteiger partial charge in [0.1, 0.15) is 11.7 Å². The van der Waals surface area contributed by atoms with Gasteiger partial charge < -0.3 is 10.3 Å². The minimum Gasteiger partial charge on any atom is -0.334 e. The standard InChI is InChI=1S/C19H16FN5/c1-25-7-6-14-15(8-21)18(24)19(10-22,11-23)17(16(14)9-25)12-2-4-13(20)5-3-12/h2-6,15-17,24H,7,9H2,1H3/p+1/t15?,16-,17-/m0/s1. The van der Waals surface area contributed by atoms with E-state index in [2.05, 4.69) is 6.07 Å². The Balaban J connectivity index is 2.25. The molecule has 3 rings (SSSR count). The number of rotatable bonds is 1. The Morgan fingerprint density at radius 3 is 2.40 bits per heavy atom. The lowest BCUT2D eigenvalue weighted by molar-refractivity contribution is -0.878. The number of nitrogens with zero attached hydrogens (tertiary/aromatic N) is 3. The minimum atomic E-state index is -1.72. The molecular weight excluding hydrogens is 317 g/mol. The van der Waals surface area contributed by atoms with E-state index in [1.807, 2.05) is 25.3 Å². The van der Waals surface area contributed by atoms with Gasteiger partial charge in [-0.1, -0.05) is 12.1 Å². The molecule has 6 heteroatoms. The molecular formula is C19H17FN5+. The van der Waals surface area contributed by atoms with Crippen LogP contribution in [0, 0.1) is 62.5 Å². The van der Waals surface area contributed by atoms with E-state index in [1.54, 1.807) is 12.1 Å². The SMILES string of the molecule is C[NH+]1CC=C2C(C#N)C(=N)C(C#N)(C#N)[C@@H](c3ccc(F)cc3)[C@H]2C1. The number of quaternary nitrogens is 1. The van der Waals surface area contributed by atoms with Crippen LogP contribution in [0.15, 0.2) is 35.9 Å². The molecule has 0 spiro atoms. The van der Waals surface area contributed by atoms with Gasteiger partial charge in [-0.2, -0.15) is 15.8 Å². The Hall–Kier alpha value is -3.01. The molecule has 1 fully saturated rings. The van der Waals surface area contributed by atoms with Gasteiger partial charge in [0, 0.05) is 11.8 Å². The maximum Gasteiger partial charge on any atom is 0.189 e. The van der Waals surface area contributed by atoms with E-state index in [-0.39, 0.29) is 11.6 Å². The van der Waals surface area contributed by atoms with Gasteiger partial charge >= 0.3 is 0 Å². The topological polar surface area (TPSA) is 99.7 Å². The van der Waals surface area contributed by atoms with E-state index in [0.717, 1.165) is 12.1 Å². The molecule has 2 N–H and O–H groups in total. The van der Waals surface area contributed by atoms with Gasteiger partial charge in [0.05, 0.1) is 44.1 Å². The molecule has 25 heavy (non-hydrogen) atoms. The normalized spacial score (nSPS) is 30.2. The number of benzene rings is 1. The minimum absolute atomic E-state index is 0.170. The maximum absolute atomic E-state index is 13.4. The predicted molar refractivity (Wildman–Crippen MR) is 87.8 cm³/mol. The van der Waals surface area contributed by atoms with Crippen molar-refractivity contribution in [2.45, 2.75) is 5.92 Å². The molecule has 0 saturated heterocycles. The molecule has 0 bridgehead atoms. The zero-order valence-corrected chi connectivity index (χ0v) is 13.8. The number of likely N-dealkylation sites (N-methyl/N-ethyl adjacent to an activating group) is 1. The Morgan fingerprint density at radius 2 is 1.84 bits per heavy atom. The van der Waals surface area contributed by atoms with Crippen molar-refractivity contribution >= 4 is 5.71 Å². The van der Waals surface area contributed by atoms with Crippen LogP contribution in [0.2, 0.25) is 0 Å². The van der Waals surface area contributed by atoms with E-state index >= 15 is 0 Å². The smallest absolute Gasteiger partial charge is 0.189 e.